The Morgan fingerprint density at radius 1 is 1.50 bits per heavy atom. The summed E-state index contributed by atoms with van der Waals surface area (Å²) in [5, 5.41) is 8.22. The number of nitrogens with one attached hydrogen (secondary N) is 3. The van der Waals surface area contributed by atoms with Crippen molar-refractivity contribution in [2.24, 2.45) is 5.92 Å². The van der Waals surface area contributed by atoms with Crippen LogP contribution in [0.2, 0.25) is 0 Å². The fraction of sp³-hybridized carbons (Fsp3) is 0.778. The molecule has 0 radical (unpaired) electrons. The molecule has 1 aliphatic rings. The van der Waals surface area contributed by atoms with Gasteiger partial charge in [-0.2, -0.15) is 0 Å². The number of piperidine rings is 1. The highest BCUT2D eigenvalue weighted by atomic mass is 16.2. The van der Waals surface area contributed by atoms with Crippen molar-refractivity contribution < 1.29 is 9.59 Å². The predicted molar refractivity (Wildman–Crippen MR) is 52.7 cm³/mol. The fourth-order valence-corrected chi connectivity index (χ4v) is 1.48. The molecule has 0 spiro atoms. The van der Waals surface area contributed by atoms with Crippen LogP contribution in [0.25, 0.3) is 0 Å². The van der Waals surface area contributed by atoms with E-state index in [2.05, 4.69) is 16.0 Å². The zero-order valence-corrected chi connectivity index (χ0v) is 8.43. The molecule has 0 aromatic heterocycles. The van der Waals surface area contributed by atoms with Gasteiger partial charge >= 0.3 is 0 Å². The van der Waals surface area contributed by atoms with Crippen molar-refractivity contribution in [3.8, 4) is 0 Å². The van der Waals surface area contributed by atoms with Crippen LogP contribution in [0.4, 0.5) is 0 Å². The van der Waals surface area contributed by atoms with E-state index in [4.69, 9.17) is 0 Å². The molecule has 14 heavy (non-hydrogen) atoms. The lowest BCUT2D eigenvalue weighted by Crippen LogP contribution is -2.43. The monoisotopic (exact) mass is 199 g/mol. The van der Waals surface area contributed by atoms with Crippen LogP contribution in [-0.4, -0.2) is 38.5 Å². The summed E-state index contributed by atoms with van der Waals surface area (Å²) in [6.45, 7) is 1.78. The summed E-state index contributed by atoms with van der Waals surface area (Å²) in [6.07, 6.45) is 1.94. The van der Waals surface area contributed by atoms with Gasteiger partial charge in [0.15, 0.2) is 0 Å². The van der Waals surface area contributed by atoms with Gasteiger partial charge in [-0.1, -0.05) is 0 Å². The standard InChI is InChI=1S/C9H17N3O2/c1-10-8(13)6-12-9(14)7-3-2-4-11-5-7/h7,11H,2-6H2,1H3,(H,10,13)(H,12,14)/t7-/m1/s1. The first-order chi connectivity index (χ1) is 6.74. The molecule has 0 aromatic rings. The van der Waals surface area contributed by atoms with E-state index in [1.54, 1.807) is 7.05 Å². The molecule has 80 valence electrons. The van der Waals surface area contributed by atoms with E-state index in [-0.39, 0.29) is 24.3 Å². The number of rotatable bonds is 3. The molecule has 2 amide bonds. The van der Waals surface area contributed by atoms with Crippen molar-refractivity contribution in [2.75, 3.05) is 26.7 Å². The minimum absolute atomic E-state index is 0.0217. The largest absolute Gasteiger partial charge is 0.358 e. The van der Waals surface area contributed by atoms with Gasteiger partial charge in [0.25, 0.3) is 0 Å². The smallest absolute Gasteiger partial charge is 0.239 e. The molecule has 1 fully saturated rings. The summed E-state index contributed by atoms with van der Waals surface area (Å²) in [5.74, 6) is -0.170. The van der Waals surface area contributed by atoms with Crippen LogP contribution >= 0.6 is 0 Å². The zero-order chi connectivity index (χ0) is 10.4. The summed E-state index contributed by atoms with van der Waals surface area (Å²) in [7, 11) is 1.55. The summed E-state index contributed by atoms with van der Waals surface area (Å²) in [4.78, 5) is 22.3. The van der Waals surface area contributed by atoms with Crippen molar-refractivity contribution in [3.63, 3.8) is 0 Å². The molecular weight excluding hydrogens is 182 g/mol. The second-order valence-electron chi connectivity index (χ2n) is 3.43. The molecule has 5 nitrogen and oxygen atoms in total. The van der Waals surface area contributed by atoms with Crippen molar-refractivity contribution in [1.82, 2.24) is 16.0 Å². The van der Waals surface area contributed by atoms with Crippen molar-refractivity contribution in [1.29, 1.82) is 0 Å². The third kappa shape index (κ3) is 3.33. The summed E-state index contributed by atoms with van der Waals surface area (Å²) in [6, 6.07) is 0. The maximum atomic E-state index is 11.5. The van der Waals surface area contributed by atoms with E-state index in [0.717, 1.165) is 25.9 Å². The van der Waals surface area contributed by atoms with Crippen LogP contribution in [0.5, 0.6) is 0 Å². The average molecular weight is 199 g/mol. The van der Waals surface area contributed by atoms with Gasteiger partial charge in [0.05, 0.1) is 12.5 Å². The lowest BCUT2D eigenvalue weighted by Gasteiger charge is -2.21. The number of hydrogen-bond donors (Lipinski definition) is 3. The molecule has 1 aliphatic heterocycles. The second kappa shape index (κ2) is 5.59. The number of hydrogen-bond acceptors (Lipinski definition) is 3. The van der Waals surface area contributed by atoms with Gasteiger partial charge in [-0.3, -0.25) is 9.59 Å². The molecule has 1 saturated heterocycles. The molecule has 3 N–H and O–H groups in total. The summed E-state index contributed by atoms with van der Waals surface area (Å²) in [5.41, 5.74) is 0. The SMILES string of the molecule is CNC(=O)CNC(=O)[C@@H]1CCCNC1. The van der Waals surface area contributed by atoms with Gasteiger partial charge in [0.2, 0.25) is 11.8 Å². The molecule has 0 aromatic carbocycles. The van der Waals surface area contributed by atoms with Crippen molar-refractivity contribution >= 4 is 11.8 Å². The Morgan fingerprint density at radius 3 is 2.86 bits per heavy atom. The first-order valence-corrected chi connectivity index (χ1v) is 4.93. The molecule has 1 atom stereocenters. The quantitative estimate of drug-likeness (QED) is 0.537. The third-order valence-corrected chi connectivity index (χ3v) is 2.37. The Labute approximate surface area is 83.6 Å². The Kier molecular flexibility index (Phi) is 4.39. The highest BCUT2D eigenvalue weighted by Crippen LogP contribution is 2.09. The van der Waals surface area contributed by atoms with Gasteiger partial charge in [-0.25, -0.2) is 0 Å². The van der Waals surface area contributed by atoms with Gasteiger partial charge in [-0.15, -0.1) is 0 Å². The highest BCUT2D eigenvalue weighted by molar-refractivity contribution is 5.85. The number of carbonyl (C=O) groups is 2. The maximum Gasteiger partial charge on any atom is 0.239 e. The van der Waals surface area contributed by atoms with E-state index in [1.165, 1.54) is 0 Å². The van der Waals surface area contributed by atoms with Crippen LogP contribution < -0.4 is 16.0 Å². The van der Waals surface area contributed by atoms with Gasteiger partial charge in [0, 0.05) is 13.6 Å². The summed E-state index contributed by atoms with van der Waals surface area (Å²) >= 11 is 0. The predicted octanol–water partition coefficient (Wildman–Crippen LogP) is -1.15. The van der Waals surface area contributed by atoms with E-state index >= 15 is 0 Å². The lowest BCUT2D eigenvalue weighted by atomic mass is 9.99. The van der Waals surface area contributed by atoms with Crippen molar-refractivity contribution in [3.05, 3.63) is 0 Å². The Bertz CT molecular complexity index is 212. The molecule has 1 heterocycles. The first kappa shape index (κ1) is 11.0. The van der Waals surface area contributed by atoms with E-state index < -0.39 is 0 Å². The molecule has 0 unspecified atom stereocenters. The zero-order valence-electron chi connectivity index (χ0n) is 8.43. The Morgan fingerprint density at radius 2 is 2.29 bits per heavy atom. The molecule has 1 rings (SSSR count). The topological polar surface area (TPSA) is 70.2 Å². The van der Waals surface area contributed by atoms with Crippen LogP contribution in [0, 0.1) is 5.92 Å². The van der Waals surface area contributed by atoms with E-state index in [1.807, 2.05) is 0 Å². The molecule has 0 aliphatic carbocycles. The fourth-order valence-electron chi connectivity index (χ4n) is 1.48. The average Bonchev–Trinajstić information content (AvgIpc) is 2.26. The molecule has 5 heteroatoms. The summed E-state index contributed by atoms with van der Waals surface area (Å²) < 4.78 is 0. The molecule has 0 bridgehead atoms. The number of carbonyl (C=O) groups excluding carboxylic acids is 2. The second-order valence-corrected chi connectivity index (χ2v) is 3.43. The van der Waals surface area contributed by atoms with Gasteiger partial charge < -0.3 is 16.0 Å². The lowest BCUT2D eigenvalue weighted by molar-refractivity contribution is -0.128. The normalized spacial score (nSPS) is 21.4. The van der Waals surface area contributed by atoms with E-state index in [9.17, 15) is 9.59 Å². The Balaban J connectivity index is 2.23. The number of likely N-dealkylation sites (N-methyl/N-ethyl adjacent to an activating group) is 1. The molecular formula is C9H17N3O2. The van der Waals surface area contributed by atoms with Crippen molar-refractivity contribution in [2.45, 2.75) is 12.8 Å². The van der Waals surface area contributed by atoms with Crippen LogP contribution in [-0.2, 0) is 9.59 Å². The van der Waals surface area contributed by atoms with Gasteiger partial charge in [0.1, 0.15) is 0 Å². The first-order valence-electron chi connectivity index (χ1n) is 4.93. The van der Waals surface area contributed by atoms with Crippen LogP contribution in [0.3, 0.4) is 0 Å². The Hall–Kier alpha value is -1.10. The third-order valence-electron chi connectivity index (χ3n) is 2.37. The van der Waals surface area contributed by atoms with E-state index in [0.29, 0.717) is 0 Å². The minimum atomic E-state index is -0.165. The van der Waals surface area contributed by atoms with Crippen LogP contribution in [0.1, 0.15) is 12.8 Å². The maximum absolute atomic E-state index is 11.5. The molecule has 0 saturated carbocycles. The highest BCUT2D eigenvalue weighted by Gasteiger charge is 2.20. The number of amides is 2. The van der Waals surface area contributed by atoms with Gasteiger partial charge in [-0.05, 0) is 19.4 Å². The minimum Gasteiger partial charge on any atom is -0.358 e. The van der Waals surface area contributed by atoms with Crippen LogP contribution in [0.15, 0.2) is 0 Å².